The van der Waals surface area contributed by atoms with Crippen molar-refractivity contribution in [1.29, 1.82) is 0 Å². The first-order valence-electron chi connectivity index (χ1n) is 11.3. The maximum absolute atomic E-state index is 6.65. The second kappa shape index (κ2) is 8.34. The number of hydrogen-bond donors (Lipinski definition) is 1. The van der Waals surface area contributed by atoms with Crippen molar-refractivity contribution in [2.24, 2.45) is 7.05 Å². The standard InChI is InChI=1S/C25H25N7OS/c1-31(2)20-6-7-21(20)33-22-9-15(16-11-29-32(3)12-16)8-19-24(22)25(27-13-26-19)30-17-4-5-18-23(10-17)34-14-28-18/h4-5,8-14,20-21H,6-7H2,1-3H3,(H,26,27,30)/t20-,21+/m0/s1. The molecule has 0 aliphatic heterocycles. The van der Waals surface area contributed by atoms with Crippen LogP contribution in [0.5, 0.6) is 5.75 Å². The summed E-state index contributed by atoms with van der Waals surface area (Å²) in [4.78, 5) is 15.8. The number of nitrogens with one attached hydrogen (secondary N) is 1. The number of thiazole rings is 1. The Morgan fingerprint density at radius 1 is 1.06 bits per heavy atom. The van der Waals surface area contributed by atoms with Crippen LogP contribution in [0.3, 0.4) is 0 Å². The molecule has 6 rings (SSSR count). The third-order valence-electron chi connectivity index (χ3n) is 6.45. The topological polar surface area (TPSA) is 81.0 Å². The van der Waals surface area contributed by atoms with Crippen LogP contribution in [0.1, 0.15) is 12.8 Å². The smallest absolute Gasteiger partial charge is 0.145 e. The van der Waals surface area contributed by atoms with Gasteiger partial charge in [-0.1, -0.05) is 0 Å². The van der Waals surface area contributed by atoms with E-state index >= 15 is 0 Å². The summed E-state index contributed by atoms with van der Waals surface area (Å²) in [6.07, 6.45) is 7.75. The Labute approximate surface area is 201 Å². The van der Waals surface area contributed by atoms with E-state index in [-0.39, 0.29) is 6.10 Å². The van der Waals surface area contributed by atoms with E-state index in [2.05, 4.69) is 62.6 Å². The average Bonchev–Trinajstić information content (AvgIpc) is 3.44. The second-order valence-electron chi connectivity index (χ2n) is 8.92. The first kappa shape index (κ1) is 21.0. The molecule has 1 aliphatic rings. The van der Waals surface area contributed by atoms with Gasteiger partial charge in [0.25, 0.3) is 0 Å². The number of rotatable bonds is 6. The Hall–Kier alpha value is -3.56. The molecule has 3 heterocycles. The summed E-state index contributed by atoms with van der Waals surface area (Å²) in [5.74, 6) is 1.51. The molecule has 1 aliphatic carbocycles. The number of aryl methyl sites for hydroxylation is 1. The number of ether oxygens (including phenoxy) is 1. The molecule has 0 radical (unpaired) electrons. The van der Waals surface area contributed by atoms with Gasteiger partial charge in [0, 0.05) is 30.5 Å². The fourth-order valence-corrected chi connectivity index (χ4v) is 5.21. The van der Waals surface area contributed by atoms with E-state index in [9.17, 15) is 0 Å². The Morgan fingerprint density at radius 2 is 1.97 bits per heavy atom. The zero-order chi connectivity index (χ0) is 23.2. The summed E-state index contributed by atoms with van der Waals surface area (Å²) in [5, 5.41) is 8.72. The fourth-order valence-electron chi connectivity index (χ4n) is 4.49. The van der Waals surface area contributed by atoms with Crippen LogP contribution in [0.4, 0.5) is 11.5 Å². The van der Waals surface area contributed by atoms with Gasteiger partial charge in [-0.2, -0.15) is 5.10 Å². The number of nitrogens with zero attached hydrogens (tertiary/aromatic N) is 6. The van der Waals surface area contributed by atoms with Crippen LogP contribution in [0.15, 0.2) is 54.6 Å². The molecule has 1 fully saturated rings. The van der Waals surface area contributed by atoms with Gasteiger partial charge in [0.2, 0.25) is 0 Å². The van der Waals surface area contributed by atoms with Gasteiger partial charge in [-0.15, -0.1) is 11.3 Å². The monoisotopic (exact) mass is 471 g/mol. The minimum Gasteiger partial charge on any atom is -0.488 e. The highest BCUT2D eigenvalue weighted by atomic mass is 32.1. The van der Waals surface area contributed by atoms with E-state index < -0.39 is 0 Å². The van der Waals surface area contributed by atoms with Gasteiger partial charge in [-0.05, 0) is 62.8 Å². The van der Waals surface area contributed by atoms with Gasteiger partial charge in [0.1, 0.15) is 24.0 Å². The zero-order valence-corrected chi connectivity index (χ0v) is 20.1. The summed E-state index contributed by atoms with van der Waals surface area (Å²) in [6, 6.07) is 10.7. The Bertz CT molecular complexity index is 1490. The summed E-state index contributed by atoms with van der Waals surface area (Å²) >= 11 is 1.62. The quantitative estimate of drug-likeness (QED) is 0.379. The van der Waals surface area contributed by atoms with E-state index in [4.69, 9.17) is 4.74 Å². The largest absolute Gasteiger partial charge is 0.488 e. The van der Waals surface area contributed by atoms with Crippen molar-refractivity contribution in [3.8, 4) is 16.9 Å². The first-order chi connectivity index (χ1) is 16.5. The lowest BCUT2D eigenvalue weighted by molar-refractivity contribution is 0.0206. The highest BCUT2D eigenvalue weighted by Gasteiger charge is 2.35. The minimum atomic E-state index is 0.129. The minimum absolute atomic E-state index is 0.129. The number of anilines is 2. The van der Waals surface area contributed by atoms with E-state index in [1.165, 1.54) is 0 Å². The van der Waals surface area contributed by atoms with Crippen molar-refractivity contribution in [3.05, 3.63) is 54.6 Å². The van der Waals surface area contributed by atoms with Gasteiger partial charge in [0.05, 0.1) is 32.8 Å². The molecule has 0 spiro atoms. The maximum Gasteiger partial charge on any atom is 0.145 e. The van der Waals surface area contributed by atoms with Crippen LogP contribution in [0.25, 0.3) is 32.2 Å². The molecule has 0 saturated heterocycles. The lowest BCUT2D eigenvalue weighted by atomic mass is 9.88. The van der Waals surface area contributed by atoms with E-state index in [0.29, 0.717) is 6.04 Å². The third kappa shape index (κ3) is 3.76. The van der Waals surface area contributed by atoms with Crippen molar-refractivity contribution >= 4 is 44.0 Å². The molecule has 1 saturated carbocycles. The van der Waals surface area contributed by atoms with Crippen LogP contribution in [0, 0.1) is 0 Å². The zero-order valence-electron chi connectivity index (χ0n) is 19.3. The highest BCUT2D eigenvalue weighted by Crippen LogP contribution is 2.39. The van der Waals surface area contributed by atoms with Gasteiger partial charge in [0.15, 0.2) is 0 Å². The first-order valence-corrected chi connectivity index (χ1v) is 12.1. The molecule has 2 atom stereocenters. The highest BCUT2D eigenvalue weighted by molar-refractivity contribution is 7.16. The molecule has 2 aromatic carbocycles. The van der Waals surface area contributed by atoms with Gasteiger partial charge < -0.3 is 15.0 Å². The Morgan fingerprint density at radius 3 is 2.74 bits per heavy atom. The van der Waals surface area contributed by atoms with E-state index in [0.717, 1.165) is 62.3 Å². The lowest BCUT2D eigenvalue weighted by Gasteiger charge is -2.41. The molecule has 172 valence electrons. The summed E-state index contributed by atoms with van der Waals surface area (Å²) in [7, 11) is 6.13. The number of benzene rings is 2. The molecule has 0 unspecified atom stereocenters. The van der Waals surface area contributed by atoms with Crippen molar-refractivity contribution in [1.82, 2.24) is 29.6 Å². The lowest BCUT2D eigenvalue weighted by Crippen LogP contribution is -2.50. The van der Waals surface area contributed by atoms with Crippen LogP contribution >= 0.6 is 11.3 Å². The molecule has 1 N–H and O–H groups in total. The predicted molar refractivity (Wildman–Crippen MR) is 136 cm³/mol. The van der Waals surface area contributed by atoms with Gasteiger partial charge in [-0.25, -0.2) is 15.0 Å². The molecule has 5 aromatic rings. The van der Waals surface area contributed by atoms with Crippen molar-refractivity contribution < 1.29 is 4.74 Å². The summed E-state index contributed by atoms with van der Waals surface area (Å²) < 4.78 is 9.57. The number of likely N-dealkylation sites (N-methyl/N-ethyl adjacent to an activating group) is 1. The Kier molecular flexibility index (Phi) is 5.15. The van der Waals surface area contributed by atoms with E-state index in [1.807, 2.05) is 37.1 Å². The van der Waals surface area contributed by atoms with Gasteiger partial charge in [-0.3, -0.25) is 4.68 Å². The fraction of sp³-hybridized carbons (Fsp3) is 0.280. The predicted octanol–water partition coefficient (Wildman–Crippen LogP) is 4.86. The van der Waals surface area contributed by atoms with E-state index in [1.54, 1.807) is 22.3 Å². The van der Waals surface area contributed by atoms with Crippen LogP contribution < -0.4 is 10.1 Å². The molecule has 34 heavy (non-hydrogen) atoms. The normalized spacial score (nSPS) is 17.9. The van der Waals surface area contributed by atoms with Crippen LogP contribution in [-0.2, 0) is 7.05 Å². The maximum atomic E-state index is 6.65. The van der Waals surface area contributed by atoms with Crippen LogP contribution in [0.2, 0.25) is 0 Å². The average molecular weight is 472 g/mol. The molecular formula is C25H25N7OS. The summed E-state index contributed by atoms with van der Waals surface area (Å²) in [5.41, 5.74) is 6.68. The molecule has 3 aromatic heterocycles. The molecule has 0 amide bonds. The molecule has 0 bridgehead atoms. The Balaban J connectivity index is 1.46. The van der Waals surface area contributed by atoms with Crippen LogP contribution in [-0.4, -0.2) is 55.9 Å². The third-order valence-corrected chi connectivity index (χ3v) is 7.24. The molecule has 8 nitrogen and oxygen atoms in total. The number of hydrogen-bond acceptors (Lipinski definition) is 8. The summed E-state index contributed by atoms with van der Waals surface area (Å²) in [6.45, 7) is 0. The van der Waals surface area contributed by atoms with Crippen molar-refractivity contribution in [3.63, 3.8) is 0 Å². The van der Waals surface area contributed by atoms with Crippen molar-refractivity contribution in [2.45, 2.75) is 25.0 Å². The molecule has 9 heteroatoms. The molecular weight excluding hydrogens is 446 g/mol. The SMILES string of the molecule is CN(C)[C@H]1CC[C@H]1Oc1cc(-c2cnn(C)c2)cc2ncnc(Nc3ccc4ncsc4c3)c12. The van der Waals surface area contributed by atoms with Gasteiger partial charge >= 0.3 is 0 Å². The number of aromatic nitrogens is 5. The second-order valence-corrected chi connectivity index (χ2v) is 9.80. The number of fused-ring (bicyclic) bond motifs is 2. The van der Waals surface area contributed by atoms with Crippen molar-refractivity contribution in [2.75, 3.05) is 19.4 Å².